The Kier molecular flexibility index (Phi) is 16.8. The van der Waals surface area contributed by atoms with E-state index in [1.165, 1.54) is 66.9 Å². The maximum Gasteiger partial charge on any atom is 0.328 e. The largest absolute Gasteiger partial charge is 0.343 e. The van der Waals surface area contributed by atoms with Crippen molar-refractivity contribution in [1.29, 1.82) is 0 Å². The summed E-state index contributed by atoms with van der Waals surface area (Å²) in [4.78, 5) is 75.7. The number of carbonyl (C=O) groups excluding carboxylic acids is 4. The summed E-state index contributed by atoms with van der Waals surface area (Å²) in [6.07, 6.45) is 1.34. The van der Waals surface area contributed by atoms with Gasteiger partial charge in [-0.2, -0.15) is 4.98 Å². The molecule has 6 amide bonds. The molecule has 4 N–H and O–H groups in total. The normalized spacial score (nSPS) is 13.0. The van der Waals surface area contributed by atoms with Crippen LogP contribution >= 0.6 is 0 Å². The van der Waals surface area contributed by atoms with Gasteiger partial charge in [0.15, 0.2) is 11.6 Å². The van der Waals surface area contributed by atoms with Crippen molar-refractivity contribution >= 4 is 75.0 Å². The molecule has 2 aliphatic rings. The molecule has 1 unspecified atom stereocenters. The Morgan fingerprint density at radius 3 is 1.40 bits per heavy atom. The molecule has 0 bridgehead atoms. The molecule has 2 aromatic heterocycles. The summed E-state index contributed by atoms with van der Waals surface area (Å²) in [6, 6.07) is 25.5. The van der Waals surface area contributed by atoms with Crippen LogP contribution in [0.2, 0.25) is 0 Å². The first-order chi connectivity index (χ1) is 39.2. The number of hydrogen-bond donors (Lipinski definition) is 4. The number of rotatable bonds is 13. The predicted molar refractivity (Wildman–Crippen MR) is 299 cm³/mol. The van der Waals surface area contributed by atoms with Gasteiger partial charge in [-0.05, 0) is 136 Å². The van der Waals surface area contributed by atoms with Crippen LogP contribution in [0.5, 0.6) is 0 Å². The lowest BCUT2D eigenvalue weighted by atomic mass is 9.97. The lowest BCUT2D eigenvalue weighted by molar-refractivity contribution is 0.101. The number of aromatic nitrogens is 4. The number of fused-ring (bicyclic) bond motifs is 2. The zero-order chi connectivity index (χ0) is 58.7. The highest BCUT2D eigenvalue weighted by Crippen LogP contribution is 2.41. The average Bonchev–Trinajstić information content (AvgIpc) is 3.63. The van der Waals surface area contributed by atoms with Crippen molar-refractivity contribution in [2.75, 3.05) is 65.8 Å². The lowest BCUT2D eigenvalue weighted by Gasteiger charge is -2.32. The molecule has 24 heteroatoms. The van der Waals surface area contributed by atoms with E-state index in [1.807, 2.05) is 25.9 Å². The van der Waals surface area contributed by atoms with Gasteiger partial charge < -0.3 is 31.1 Å². The average molecular weight is 1140 g/mol. The number of carbonyl (C=O) groups is 4. The van der Waals surface area contributed by atoms with Crippen LogP contribution in [0.25, 0.3) is 22.5 Å². The third kappa shape index (κ3) is 12.1. The van der Waals surface area contributed by atoms with E-state index in [9.17, 15) is 40.9 Å². The van der Waals surface area contributed by atoms with Crippen molar-refractivity contribution in [3.05, 3.63) is 190 Å². The van der Waals surface area contributed by atoms with Crippen molar-refractivity contribution in [3.8, 4) is 22.5 Å². The molecule has 0 aliphatic carbocycles. The van der Waals surface area contributed by atoms with Gasteiger partial charge in [-0.25, -0.2) is 60.7 Å². The van der Waals surface area contributed by atoms with Gasteiger partial charge in [-0.1, -0.05) is 24.3 Å². The summed E-state index contributed by atoms with van der Waals surface area (Å²) >= 11 is 0. The van der Waals surface area contributed by atoms with E-state index in [2.05, 4.69) is 36.2 Å². The van der Waals surface area contributed by atoms with Crippen LogP contribution in [0.15, 0.2) is 126 Å². The summed E-state index contributed by atoms with van der Waals surface area (Å²) in [6.45, 7) is 4.70. The van der Waals surface area contributed by atoms with Crippen LogP contribution in [-0.2, 0) is 23.9 Å². The van der Waals surface area contributed by atoms with Crippen molar-refractivity contribution in [1.82, 2.24) is 35.5 Å². The van der Waals surface area contributed by atoms with E-state index in [-0.39, 0.29) is 47.1 Å². The Hall–Kier alpha value is -9.55. The number of benzene rings is 6. The van der Waals surface area contributed by atoms with Crippen LogP contribution in [-0.4, -0.2) is 93.4 Å². The summed E-state index contributed by atoms with van der Waals surface area (Å²) in [5.41, 5.74) is 3.98. The van der Waals surface area contributed by atoms with Gasteiger partial charge in [-0.15, -0.1) is 0 Å². The first-order valence-corrected chi connectivity index (χ1v) is 26.6. The Morgan fingerprint density at radius 1 is 0.573 bits per heavy atom. The highest BCUT2D eigenvalue weighted by molar-refractivity contribution is 7.84. The topological polar surface area (TPSA) is 198 Å². The monoisotopic (exact) mass is 1140 g/mol. The molecule has 420 valence electrons. The van der Waals surface area contributed by atoms with E-state index >= 15 is 8.78 Å². The maximum atomic E-state index is 15.0. The number of aryl methyl sites for hydroxylation is 2. The molecule has 2 aliphatic heterocycles. The number of amides is 6. The van der Waals surface area contributed by atoms with Crippen LogP contribution < -0.4 is 36.0 Å². The molecule has 0 fully saturated rings. The maximum absolute atomic E-state index is 15.0. The van der Waals surface area contributed by atoms with E-state index in [0.29, 0.717) is 63.5 Å². The molecule has 8 aromatic rings. The van der Waals surface area contributed by atoms with Gasteiger partial charge in [0.05, 0.1) is 35.3 Å². The van der Waals surface area contributed by atoms with Gasteiger partial charge in [-0.3, -0.25) is 13.8 Å². The van der Waals surface area contributed by atoms with Crippen molar-refractivity contribution in [2.45, 2.75) is 32.1 Å². The van der Waals surface area contributed by atoms with Crippen LogP contribution in [0, 0.1) is 48.8 Å². The highest BCUT2D eigenvalue weighted by Gasteiger charge is 2.37. The predicted octanol–water partition coefficient (Wildman–Crippen LogP) is 10.7. The molecule has 0 spiro atoms. The van der Waals surface area contributed by atoms with E-state index in [0.717, 1.165) is 39.6 Å². The zero-order valence-corrected chi connectivity index (χ0v) is 45.5. The molecular formula is C58H50F6N12O5S. The van der Waals surface area contributed by atoms with Gasteiger partial charge in [0.1, 0.15) is 46.3 Å². The van der Waals surface area contributed by atoms with Crippen molar-refractivity contribution in [3.63, 3.8) is 0 Å². The quantitative estimate of drug-likeness (QED) is 0.0633. The fourth-order valence-electron chi connectivity index (χ4n) is 8.81. The molecule has 17 nitrogen and oxygen atoms in total. The second-order valence-corrected chi connectivity index (χ2v) is 20.4. The van der Waals surface area contributed by atoms with Gasteiger partial charge in [0, 0.05) is 71.1 Å². The lowest BCUT2D eigenvalue weighted by Crippen LogP contribution is -2.43. The summed E-state index contributed by atoms with van der Waals surface area (Å²) < 4.78 is 98.6. The molecule has 4 heterocycles. The number of hydrogen-bond acceptors (Lipinski definition) is 11. The summed E-state index contributed by atoms with van der Waals surface area (Å²) in [5.74, 6) is -5.48. The minimum atomic E-state index is -1.73. The number of para-hydroxylation sites is 2. The molecule has 10 rings (SSSR count). The number of nitrogens with one attached hydrogen (secondary N) is 4. The fourth-order valence-corrected chi connectivity index (χ4v) is 9.25. The zero-order valence-electron chi connectivity index (χ0n) is 44.7. The fraction of sp³-hybridized carbons (Fsp3) is 0.172. The van der Waals surface area contributed by atoms with Crippen LogP contribution in [0.1, 0.15) is 43.0 Å². The van der Waals surface area contributed by atoms with E-state index in [4.69, 9.17) is 4.98 Å². The van der Waals surface area contributed by atoms with Gasteiger partial charge in [0.25, 0.3) is 11.8 Å². The van der Waals surface area contributed by atoms with Crippen LogP contribution in [0.3, 0.4) is 0 Å². The van der Waals surface area contributed by atoms with Crippen LogP contribution in [0.4, 0.5) is 76.3 Å². The Balaban J connectivity index is 0.000000198. The molecule has 1 atom stereocenters. The number of halogens is 6. The van der Waals surface area contributed by atoms with Gasteiger partial charge >= 0.3 is 12.1 Å². The molecule has 0 radical (unpaired) electrons. The van der Waals surface area contributed by atoms with Gasteiger partial charge in [0.2, 0.25) is 11.1 Å². The Labute approximate surface area is 468 Å². The smallest absolute Gasteiger partial charge is 0.328 e. The first-order valence-electron chi connectivity index (χ1n) is 25.1. The molecule has 0 saturated heterocycles. The number of urea groups is 2. The molecule has 6 aromatic carbocycles. The first kappa shape index (κ1) is 57.1. The Bertz CT molecular complexity index is 3820. The van der Waals surface area contributed by atoms with Crippen molar-refractivity contribution < 1.29 is 49.7 Å². The minimum absolute atomic E-state index is 0.0107. The third-order valence-corrected chi connectivity index (χ3v) is 13.8. The molecule has 0 saturated carbocycles. The number of likely N-dealkylation sites (N-methyl/N-ethyl adjacent to an activating group) is 2. The minimum Gasteiger partial charge on any atom is -0.343 e. The summed E-state index contributed by atoms with van der Waals surface area (Å²) in [7, 11) is 3.90. The van der Waals surface area contributed by atoms with Crippen molar-refractivity contribution in [2.24, 2.45) is 0 Å². The van der Waals surface area contributed by atoms with E-state index in [1.54, 1.807) is 55.3 Å². The summed E-state index contributed by atoms with van der Waals surface area (Å²) in [5, 5.41) is 10.5. The highest BCUT2D eigenvalue weighted by atomic mass is 32.2. The molecular weight excluding hydrogens is 1090 g/mol. The number of nitrogens with zero attached hydrogens (tertiary/aromatic N) is 8. The second kappa shape index (κ2) is 24.0. The molecule has 82 heavy (non-hydrogen) atoms. The second-order valence-electron chi connectivity index (χ2n) is 19.1. The number of anilines is 7. The standard InChI is InChI=1S/C31H30F3N7O2.C27H20F3N5O3S/c1-18-8-9-19(29(42)36-21-12-10-20(32)11-13-21)16-22(18)26-23-17-35-31(43)41(27-24(33)6-5-7-25(27)34)28(23)38-30(37-26)40(4)15-14-39(2)3;1-14-6-7-15(25(36)32-17-10-8-16(28)9-11-17)12-18(14)22-19-13-31-27(37)35(23-20(29)4-3-5-21(23)30)24(19)34-26(33-22)39(2)38/h5-13,16H,14-15,17H2,1-4H3,(H,35,43)(H,36,42);3-12H,13H2,1-2H3,(H,31,37)(H,32,36). The SMILES string of the molecule is Cc1ccc(C(=O)Nc2ccc(F)cc2)cc1-c1nc(N(C)CCN(C)C)nc2c1CNC(=O)N2c1c(F)cccc1F.Cc1ccc(C(=O)Nc2ccc(F)cc2)cc1-c1nc(S(C)=O)nc2c1CNC(=O)N2c1c(F)cccc1F. The Morgan fingerprint density at radius 2 is 0.988 bits per heavy atom. The third-order valence-electron chi connectivity index (χ3n) is 13.1. The van der Waals surface area contributed by atoms with E-state index < -0.39 is 81.0 Å².